The number of hydrogen-bond acceptors (Lipinski definition) is 3. The first-order chi connectivity index (χ1) is 9.86. The molecule has 4 nitrogen and oxygen atoms in total. The summed E-state index contributed by atoms with van der Waals surface area (Å²) in [5.41, 5.74) is 7.19. The van der Waals surface area contributed by atoms with E-state index in [-0.39, 0.29) is 11.3 Å². The second kappa shape index (κ2) is 6.46. The lowest BCUT2D eigenvalue weighted by Gasteiger charge is -2.22. The molecule has 0 aromatic carbocycles. The second-order valence-electron chi connectivity index (χ2n) is 7.13. The Labute approximate surface area is 127 Å². The van der Waals surface area contributed by atoms with Crippen molar-refractivity contribution < 1.29 is 4.79 Å². The molecule has 1 fully saturated rings. The highest BCUT2D eigenvalue weighted by molar-refractivity contribution is 5.95. The van der Waals surface area contributed by atoms with Gasteiger partial charge < -0.3 is 11.1 Å². The summed E-state index contributed by atoms with van der Waals surface area (Å²) >= 11 is 0. The standard InChI is InChI=1S/C17H27N3O/c1-17(2,3)14-9-13(10-15(18)20-14)16(21)19-11-12-7-5-4-6-8-12/h9-10,12H,4-8,11H2,1-3H3,(H2,18,20)(H,19,21). The Morgan fingerprint density at radius 2 is 1.95 bits per heavy atom. The molecule has 116 valence electrons. The van der Waals surface area contributed by atoms with E-state index in [1.807, 2.05) is 6.07 Å². The Kier molecular flexibility index (Phi) is 4.86. The zero-order valence-corrected chi connectivity index (χ0v) is 13.4. The normalized spacial score (nSPS) is 16.7. The minimum Gasteiger partial charge on any atom is -0.384 e. The second-order valence-corrected chi connectivity index (χ2v) is 7.13. The molecule has 0 spiro atoms. The molecule has 1 amide bonds. The van der Waals surface area contributed by atoms with Crippen molar-refractivity contribution in [3.63, 3.8) is 0 Å². The van der Waals surface area contributed by atoms with Gasteiger partial charge in [0.2, 0.25) is 0 Å². The van der Waals surface area contributed by atoms with Crippen LogP contribution >= 0.6 is 0 Å². The number of pyridine rings is 1. The van der Waals surface area contributed by atoms with Crippen molar-refractivity contribution in [2.75, 3.05) is 12.3 Å². The van der Waals surface area contributed by atoms with E-state index in [0.717, 1.165) is 12.2 Å². The van der Waals surface area contributed by atoms with Crippen LogP contribution in [0.2, 0.25) is 0 Å². The number of nitrogens with zero attached hydrogens (tertiary/aromatic N) is 1. The molecule has 1 aliphatic carbocycles. The third-order valence-electron chi connectivity index (χ3n) is 4.15. The van der Waals surface area contributed by atoms with Crippen molar-refractivity contribution in [1.82, 2.24) is 10.3 Å². The Hall–Kier alpha value is -1.58. The zero-order chi connectivity index (χ0) is 15.5. The molecule has 0 aliphatic heterocycles. The topological polar surface area (TPSA) is 68.0 Å². The highest BCUT2D eigenvalue weighted by Crippen LogP contribution is 2.24. The molecule has 1 aliphatic rings. The van der Waals surface area contributed by atoms with Gasteiger partial charge in [-0.2, -0.15) is 0 Å². The highest BCUT2D eigenvalue weighted by Gasteiger charge is 2.19. The van der Waals surface area contributed by atoms with E-state index < -0.39 is 0 Å². The van der Waals surface area contributed by atoms with Crippen molar-refractivity contribution in [1.29, 1.82) is 0 Å². The Balaban J connectivity index is 2.03. The SMILES string of the molecule is CC(C)(C)c1cc(C(=O)NCC2CCCCC2)cc(N)n1. The van der Waals surface area contributed by atoms with Gasteiger partial charge in [0.1, 0.15) is 5.82 Å². The molecule has 0 radical (unpaired) electrons. The first-order valence-corrected chi connectivity index (χ1v) is 7.92. The van der Waals surface area contributed by atoms with E-state index in [1.165, 1.54) is 32.1 Å². The van der Waals surface area contributed by atoms with Crippen LogP contribution in [0.15, 0.2) is 12.1 Å². The van der Waals surface area contributed by atoms with E-state index in [2.05, 4.69) is 31.1 Å². The fourth-order valence-electron chi connectivity index (χ4n) is 2.80. The summed E-state index contributed by atoms with van der Waals surface area (Å²) in [7, 11) is 0. The van der Waals surface area contributed by atoms with Crippen LogP contribution in [-0.2, 0) is 5.41 Å². The molecule has 21 heavy (non-hydrogen) atoms. The van der Waals surface area contributed by atoms with Gasteiger partial charge in [-0.15, -0.1) is 0 Å². The van der Waals surface area contributed by atoms with Gasteiger partial charge in [-0.3, -0.25) is 4.79 Å². The smallest absolute Gasteiger partial charge is 0.251 e. The van der Waals surface area contributed by atoms with Crippen LogP contribution in [0.4, 0.5) is 5.82 Å². The first-order valence-electron chi connectivity index (χ1n) is 7.92. The number of rotatable bonds is 3. The molecule has 1 saturated carbocycles. The van der Waals surface area contributed by atoms with Crippen LogP contribution in [0.25, 0.3) is 0 Å². The van der Waals surface area contributed by atoms with Gasteiger partial charge in [0, 0.05) is 23.2 Å². The number of nitrogens with two attached hydrogens (primary N) is 1. The zero-order valence-electron chi connectivity index (χ0n) is 13.4. The number of aromatic nitrogens is 1. The number of hydrogen-bond donors (Lipinski definition) is 2. The molecule has 4 heteroatoms. The molecule has 1 aromatic rings. The maximum Gasteiger partial charge on any atom is 0.251 e. The van der Waals surface area contributed by atoms with Gasteiger partial charge in [-0.25, -0.2) is 4.98 Å². The lowest BCUT2D eigenvalue weighted by Crippen LogP contribution is -2.30. The van der Waals surface area contributed by atoms with Gasteiger partial charge in [-0.1, -0.05) is 40.0 Å². The summed E-state index contributed by atoms with van der Waals surface area (Å²) in [5.74, 6) is 0.995. The third-order valence-corrected chi connectivity index (χ3v) is 4.15. The van der Waals surface area contributed by atoms with Crippen molar-refractivity contribution in [3.8, 4) is 0 Å². The summed E-state index contributed by atoms with van der Waals surface area (Å²) < 4.78 is 0. The van der Waals surface area contributed by atoms with Crippen LogP contribution in [0.3, 0.4) is 0 Å². The minimum absolute atomic E-state index is 0.0415. The fourth-order valence-corrected chi connectivity index (χ4v) is 2.80. The number of anilines is 1. The van der Waals surface area contributed by atoms with Gasteiger partial charge in [-0.05, 0) is 30.9 Å². The molecule has 2 rings (SSSR count). The fraction of sp³-hybridized carbons (Fsp3) is 0.647. The van der Waals surface area contributed by atoms with Crippen LogP contribution in [0, 0.1) is 5.92 Å². The third kappa shape index (κ3) is 4.45. The van der Waals surface area contributed by atoms with Crippen LogP contribution < -0.4 is 11.1 Å². The summed E-state index contributed by atoms with van der Waals surface area (Å²) in [6.45, 7) is 6.97. The average Bonchev–Trinajstić information content (AvgIpc) is 2.44. The molecular weight excluding hydrogens is 262 g/mol. The van der Waals surface area contributed by atoms with Crippen LogP contribution in [0.1, 0.15) is 68.9 Å². The summed E-state index contributed by atoms with van der Waals surface area (Å²) in [6, 6.07) is 3.51. The lowest BCUT2D eigenvalue weighted by atomic mass is 9.89. The molecule has 0 bridgehead atoms. The number of amides is 1. The van der Waals surface area contributed by atoms with E-state index in [4.69, 9.17) is 5.73 Å². The molecule has 1 heterocycles. The van der Waals surface area contributed by atoms with Crippen LogP contribution in [-0.4, -0.2) is 17.4 Å². The Morgan fingerprint density at radius 3 is 2.57 bits per heavy atom. The van der Waals surface area contributed by atoms with Crippen molar-refractivity contribution in [3.05, 3.63) is 23.4 Å². The van der Waals surface area contributed by atoms with E-state index >= 15 is 0 Å². The predicted molar refractivity (Wildman–Crippen MR) is 86.3 cm³/mol. The number of carbonyl (C=O) groups excluding carboxylic acids is 1. The summed E-state index contributed by atoms with van der Waals surface area (Å²) in [4.78, 5) is 16.7. The van der Waals surface area contributed by atoms with E-state index in [0.29, 0.717) is 17.3 Å². The summed E-state index contributed by atoms with van der Waals surface area (Å²) in [5, 5.41) is 3.05. The van der Waals surface area contributed by atoms with Crippen molar-refractivity contribution >= 4 is 11.7 Å². The Morgan fingerprint density at radius 1 is 1.29 bits per heavy atom. The quantitative estimate of drug-likeness (QED) is 0.897. The van der Waals surface area contributed by atoms with Gasteiger partial charge in [0.15, 0.2) is 0 Å². The molecule has 0 saturated heterocycles. The van der Waals surface area contributed by atoms with Crippen molar-refractivity contribution in [2.24, 2.45) is 5.92 Å². The first kappa shape index (κ1) is 15.8. The minimum atomic E-state index is -0.117. The largest absolute Gasteiger partial charge is 0.384 e. The van der Waals surface area contributed by atoms with Gasteiger partial charge >= 0.3 is 0 Å². The van der Waals surface area contributed by atoms with Crippen LogP contribution in [0.5, 0.6) is 0 Å². The maximum absolute atomic E-state index is 12.3. The summed E-state index contributed by atoms with van der Waals surface area (Å²) in [6.07, 6.45) is 6.37. The van der Waals surface area contributed by atoms with Gasteiger partial charge in [0.25, 0.3) is 5.91 Å². The van der Waals surface area contributed by atoms with E-state index in [1.54, 1.807) is 6.07 Å². The Bertz CT molecular complexity index is 499. The predicted octanol–water partition coefficient (Wildman–Crippen LogP) is 3.27. The average molecular weight is 289 g/mol. The lowest BCUT2D eigenvalue weighted by molar-refractivity contribution is 0.0943. The maximum atomic E-state index is 12.3. The van der Waals surface area contributed by atoms with Crippen molar-refractivity contribution in [2.45, 2.75) is 58.3 Å². The molecular formula is C17H27N3O. The number of nitrogens with one attached hydrogen (secondary N) is 1. The number of carbonyl (C=O) groups is 1. The van der Waals surface area contributed by atoms with Gasteiger partial charge in [0.05, 0.1) is 0 Å². The molecule has 3 N–H and O–H groups in total. The van der Waals surface area contributed by atoms with E-state index in [9.17, 15) is 4.79 Å². The highest BCUT2D eigenvalue weighted by atomic mass is 16.1. The monoisotopic (exact) mass is 289 g/mol. The molecule has 1 aromatic heterocycles. The number of nitrogen functional groups attached to an aromatic ring is 1. The molecule has 0 unspecified atom stereocenters. The molecule has 0 atom stereocenters.